The number of aromatic nitrogens is 5. The minimum Gasteiger partial charge on any atom is -0.490 e. The maximum Gasteiger partial charge on any atom is 0.262 e. The standard InChI is InChI=1S/C20H19N5O3S/c1-12-17-14(25-19(21-12)22-20(23-25)29-2)6-7-24(18(17)26)11-13-4-5-15-16(10-13)28-9-3-8-27-15/h4-7,10H,3,8-9,11H2,1-2H3. The summed E-state index contributed by atoms with van der Waals surface area (Å²) in [5.74, 6) is 1.97. The van der Waals surface area contributed by atoms with E-state index >= 15 is 0 Å². The molecule has 0 fully saturated rings. The number of rotatable bonds is 3. The van der Waals surface area contributed by atoms with Gasteiger partial charge in [-0.3, -0.25) is 4.79 Å². The number of ether oxygens (including phenoxy) is 2. The summed E-state index contributed by atoms with van der Waals surface area (Å²) in [6.45, 7) is 3.53. The Balaban J connectivity index is 1.58. The molecular weight excluding hydrogens is 390 g/mol. The van der Waals surface area contributed by atoms with E-state index in [2.05, 4.69) is 15.1 Å². The fraction of sp³-hybridized carbons (Fsp3) is 0.300. The Morgan fingerprint density at radius 2 is 1.97 bits per heavy atom. The number of pyridine rings is 1. The van der Waals surface area contributed by atoms with Gasteiger partial charge in [-0.15, -0.1) is 5.10 Å². The van der Waals surface area contributed by atoms with Crippen molar-refractivity contribution in [2.75, 3.05) is 19.5 Å². The van der Waals surface area contributed by atoms with Crippen LogP contribution in [-0.2, 0) is 6.54 Å². The van der Waals surface area contributed by atoms with E-state index < -0.39 is 0 Å². The fourth-order valence-corrected chi connectivity index (χ4v) is 3.86. The molecule has 3 aromatic heterocycles. The number of nitrogens with zero attached hydrogens (tertiary/aromatic N) is 5. The van der Waals surface area contributed by atoms with Crippen LogP contribution in [0, 0.1) is 6.92 Å². The summed E-state index contributed by atoms with van der Waals surface area (Å²) < 4.78 is 14.8. The molecule has 0 bridgehead atoms. The molecule has 29 heavy (non-hydrogen) atoms. The second-order valence-electron chi connectivity index (χ2n) is 6.85. The normalized spacial score (nSPS) is 13.7. The molecule has 1 aliphatic rings. The molecule has 0 N–H and O–H groups in total. The molecule has 0 atom stereocenters. The first-order valence-corrected chi connectivity index (χ1v) is 10.6. The van der Waals surface area contributed by atoms with Gasteiger partial charge in [-0.25, -0.2) is 4.98 Å². The van der Waals surface area contributed by atoms with Crippen LogP contribution < -0.4 is 15.0 Å². The molecule has 4 heterocycles. The molecule has 148 valence electrons. The zero-order valence-electron chi connectivity index (χ0n) is 16.1. The van der Waals surface area contributed by atoms with E-state index in [1.165, 1.54) is 11.8 Å². The average molecular weight is 409 g/mol. The van der Waals surface area contributed by atoms with Crippen molar-refractivity contribution in [3.63, 3.8) is 0 Å². The molecule has 4 aromatic rings. The number of hydrogen-bond donors (Lipinski definition) is 0. The largest absolute Gasteiger partial charge is 0.490 e. The molecule has 0 unspecified atom stereocenters. The van der Waals surface area contributed by atoms with E-state index in [4.69, 9.17) is 9.47 Å². The van der Waals surface area contributed by atoms with Gasteiger partial charge >= 0.3 is 0 Å². The van der Waals surface area contributed by atoms with Crippen LogP contribution in [0.2, 0.25) is 0 Å². The van der Waals surface area contributed by atoms with Crippen molar-refractivity contribution in [2.24, 2.45) is 0 Å². The van der Waals surface area contributed by atoms with Gasteiger partial charge in [0.1, 0.15) is 0 Å². The first-order chi connectivity index (χ1) is 14.1. The van der Waals surface area contributed by atoms with Crippen molar-refractivity contribution in [1.82, 2.24) is 24.1 Å². The highest BCUT2D eigenvalue weighted by molar-refractivity contribution is 7.98. The lowest BCUT2D eigenvalue weighted by Crippen LogP contribution is -2.22. The van der Waals surface area contributed by atoms with Crippen LogP contribution in [0.1, 0.15) is 17.7 Å². The van der Waals surface area contributed by atoms with Crippen LogP contribution in [0.5, 0.6) is 11.5 Å². The number of aryl methyl sites for hydroxylation is 1. The van der Waals surface area contributed by atoms with Gasteiger partial charge in [0.25, 0.3) is 11.3 Å². The van der Waals surface area contributed by atoms with E-state index in [-0.39, 0.29) is 5.56 Å². The Morgan fingerprint density at radius 3 is 2.79 bits per heavy atom. The Bertz CT molecular complexity index is 1300. The van der Waals surface area contributed by atoms with Crippen LogP contribution >= 0.6 is 11.8 Å². The molecule has 0 aliphatic carbocycles. The fourth-order valence-electron chi connectivity index (χ4n) is 3.52. The van der Waals surface area contributed by atoms with Crippen molar-refractivity contribution in [3.8, 4) is 11.5 Å². The SMILES string of the molecule is CSc1nc2nc(C)c3c(=O)n(Cc4ccc5c(c4)OCCCO5)ccc3n2n1. The summed E-state index contributed by atoms with van der Waals surface area (Å²) in [6.07, 6.45) is 4.55. The molecule has 9 heteroatoms. The highest BCUT2D eigenvalue weighted by atomic mass is 32.2. The molecular formula is C20H19N5O3S. The average Bonchev–Trinajstić information content (AvgIpc) is 2.99. The molecule has 5 rings (SSSR count). The second kappa shape index (κ2) is 7.07. The predicted octanol–water partition coefficient (Wildman–Crippen LogP) is 2.68. The second-order valence-corrected chi connectivity index (χ2v) is 7.62. The van der Waals surface area contributed by atoms with Crippen molar-refractivity contribution in [3.05, 3.63) is 52.1 Å². The van der Waals surface area contributed by atoms with E-state index in [0.717, 1.165) is 23.5 Å². The Labute approximate surface area is 170 Å². The summed E-state index contributed by atoms with van der Waals surface area (Å²) in [4.78, 5) is 22.1. The maximum absolute atomic E-state index is 13.2. The molecule has 1 aromatic carbocycles. The van der Waals surface area contributed by atoms with Crippen molar-refractivity contribution >= 4 is 28.4 Å². The Kier molecular flexibility index (Phi) is 4.39. The summed E-state index contributed by atoms with van der Waals surface area (Å²) in [5.41, 5.74) is 2.21. The van der Waals surface area contributed by atoms with E-state index in [1.54, 1.807) is 15.3 Å². The molecule has 0 amide bonds. The molecule has 0 saturated heterocycles. The van der Waals surface area contributed by atoms with E-state index in [9.17, 15) is 4.79 Å². The third kappa shape index (κ3) is 3.11. The van der Waals surface area contributed by atoms with Gasteiger partial charge in [-0.2, -0.15) is 9.50 Å². The smallest absolute Gasteiger partial charge is 0.262 e. The van der Waals surface area contributed by atoms with Gasteiger partial charge in [0, 0.05) is 12.6 Å². The van der Waals surface area contributed by atoms with Gasteiger partial charge in [-0.1, -0.05) is 17.8 Å². The van der Waals surface area contributed by atoms with Crippen molar-refractivity contribution < 1.29 is 9.47 Å². The lowest BCUT2D eigenvalue weighted by atomic mass is 10.2. The molecule has 8 nitrogen and oxygen atoms in total. The number of benzene rings is 1. The summed E-state index contributed by atoms with van der Waals surface area (Å²) in [5, 5.41) is 5.61. The molecule has 0 radical (unpaired) electrons. The highest BCUT2D eigenvalue weighted by Crippen LogP contribution is 2.30. The third-order valence-corrected chi connectivity index (χ3v) is 5.46. The molecule has 1 aliphatic heterocycles. The van der Waals surface area contributed by atoms with Crippen LogP contribution in [0.25, 0.3) is 16.7 Å². The quantitative estimate of drug-likeness (QED) is 0.481. The minimum absolute atomic E-state index is 0.109. The van der Waals surface area contributed by atoms with Gasteiger partial charge in [0.15, 0.2) is 11.5 Å². The lowest BCUT2D eigenvalue weighted by Gasteiger charge is -2.12. The van der Waals surface area contributed by atoms with Gasteiger partial charge < -0.3 is 14.0 Å². The van der Waals surface area contributed by atoms with Crippen LogP contribution in [0.3, 0.4) is 0 Å². The summed E-state index contributed by atoms with van der Waals surface area (Å²) in [7, 11) is 0. The number of thioether (sulfide) groups is 1. The van der Waals surface area contributed by atoms with Crippen LogP contribution in [0.15, 0.2) is 40.4 Å². The summed E-state index contributed by atoms with van der Waals surface area (Å²) in [6, 6.07) is 7.69. The van der Waals surface area contributed by atoms with Gasteiger partial charge in [0.05, 0.1) is 36.4 Å². The topological polar surface area (TPSA) is 83.5 Å². The number of fused-ring (bicyclic) bond motifs is 4. The van der Waals surface area contributed by atoms with Crippen molar-refractivity contribution in [1.29, 1.82) is 0 Å². The monoisotopic (exact) mass is 409 g/mol. The van der Waals surface area contributed by atoms with Crippen molar-refractivity contribution in [2.45, 2.75) is 25.0 Å². The van der Waals surface area contributed by atoms with Crippen LogP contribution in [-0.4, -0.2) is 43.6 Å². The lowest BCUT2D eigenvalue weighted by molar-refractivity contribution is 0.297. The number of hydrogen-bond acceptors (Lipinski definition) is 7. The molecule has 0 spiro atoms. The minimum atomic E-state index is -0.109. The van der Waals surface area contributed by atoms with E-state index in [0.29, 0.717) is 47.3 Å². The van der Waals surface area contributed by atoms with Gasteiger partial charge in [-0.05, 0) is 36.9 Å². The Morgan fingerprint density at radius 1 is 1.14 bits per heavy atom. The predicted molar refractivity (Wildman–Crippen MR) is 110 cm³/mol. The van der Waals surface area contributed by atoms with Gasteiger partial charge in [0.2, 0.25) is 5.16 Å². The Hall–Kier alpha value is -3.07. The summed E-state index contributed by atoms with van der Waals surface area (Å²) >= 11 is 1.44. The zero-order valence-corrected chi connectivity index (χ0v) is 16.9. The zero-order chi connectivity index (χ0) is 20.0. The third-order valence-electron chi connectivity index (χ3n) is 4.92. The maximum atomic E-state index is 13.2. The highest BCUT2D eigenvalue weighted by Gasteiger charge is 2.15. The first kappa shape index (κ1) is 18.0. The molecule has 0 saturated carbocycles. The van der Waals surface area contributed by atoms with Crippen LogP contribution in [0.4, 0.5) is 0 Å². The van der Waals surface area contributed by atoms with E-state index in [1.807, 2.05) is 37.4 Å². The first-order valence-electron chi connectivity index (χ1n) is 9.33.